The lowest BCUT2D eigenvalue weighted by molar-refractivity contribution is 0.102. The first-order valence-corrected chi connectivity index (χ1v) is 10.9. The summed E-state index contributed by atoms with van der Waals surface area (Å²) in [5.41, 5.74) is 4.18. The molecule has 0 radical (unpaired) electrons. The van der Waals surface area contributed by atoms with Crippen LogP contribution >= 0.6 is 0 Å². The van der Waals surface area contributed by atoms with Crippen LogP contribution in [0.15, 0.2) is 71.6 Å². The summed E-state index contributed by atoms with van der Waals surface area (Å²) in [6.45, 7) is 5.67. The van der Waals surface area contributed by atoms with Crippen LogP contribution in [0.2, 0.25) is 0 Å². The zero-order chi connectivity index (χ0) is 21.0. The Kier molecular flexibility index (Phi) is 6.03. The number of amides is 1. The Balaban J connectivity index is 1.86. The summed E-state index contributed by atoms with van der Waals surface area (Å²) in [5.74, 6) is -0.348. The van der Waals surface area contributed by atoms with Gasteiger partial charge >= 0.3 is 0 Å². The topological polar surface area (TPSA) is 75.3 Å². The molecule has 29 heavy (non-hydrogen) atoms. The molecule has 0 heterocycles. The Morgan fingerprint density at radius 1 is 0.897 bits per heavy atom. The number of anilines is 2. The Labute approximate surface area is 171 Å². The van der Waals surface area contributed by atoms with Gasteiger partial charge in [0.1, 0.15) is 0 Å². The first-order chi connectivity index (χ1) is 13.8. The highest BCUT2D eigenvalue weighted by atomic mass is 32.2. The highest BCUT2D eigenvalue weighted by Gasteiger charge is 2.19. The number of aryl methyl sites for hydroxylation is 3. The molecule has 5 nitrogen and oxygen atoms in total. The minimum Gasteiger partial charge on any atom is -0.322 e. The maximum Gasteiger partial charge on any atom is 0.261 e. The van der Waals surface area contributed by atoms with Gasteiger partial charge in [-0.25, -0.2) is 8.42 Å². The van der Waals surface area contributed by atoms with E-state index in [4.69, 9.17) is 0 Å². The van der Waals surface area contributed by atoms with Crippen molar-refractivity contribution < 1.29 is 13.2 Å². The summed E-state index contributed by atoms with van der Waals surface area (Å²) in [6, 6.07) is 19.3. The quantitative estimate of drug-likeness (QED) is 0.608. The van der Waals surface area contributed by atoms with E-state index in [0.717, 1.165) is 12.0 Å². The number of para-hydroxylation sites is 1. The second-order valence-electron chi connectivity index (χ2n) is 6.90. The van der Waals surface area contributed by atoms with Gasteiger partial charge in [0.2, 0.25) is 0 Å². The summed E-state index contributed by atoms with van der Waals surface area (Å²) in [6.07, 6.45) is 0.918. The second-order valence-corrected chi connectivity index (χ2v) is 8.58. The molecule has 0 aliphatic heterocycles. The van der Waals surface area contributed by atoms with Gasteiger partial charge in [-0.05, 0) is 67.3 Å². The SMILES string of the molecule is CCc1ccc(NC(=O)c2cc(S(=O)(=O)Nc3ccccc3C)ccc2C)cc1. The fraction of sp³-hybridized carbons (Fsp3) is 0.174. The van der Waals surface area contributed by atoms with E-state index in [9.17, 15) is 13.2 Å². The van der Waals surface area contributed by atoms with E-state index >= 15 is 0 Å². The molecule has 0 bridgehead atoms. The van der Waals surface area contributed by atoms with Crippen LogP contribution in [-0.2, 0) is 16.4 Å². The van der Waals surface area contributed by atoms with Crippen LogP contribution in [0.4, 0.5) is 11.4 Å². The van der Waals surface area contributed by atoms with Gasteiger partial charge in [0.15, 0.2) is 0 Å². The molecule has 0 saturated heterocycles. The maximum atomic E-state index is 12.8. The first-order valence-electron chi connectivity index (χ1n) is 9.39. The number of sulfonamides is 1. The molecule has 0 unspecified atom stereocenters. The monoisotopic (exact) mass is 408 g/mol. The standard InChI is InChI=1S/C23H24N2O3S/c1-4-18-10-12-19(13-11-18)24-23(26)21-15-20(14-9-16(21)2)29(27,28)25-22-8-6-5-7-17(22)3/h5-15,25H,4H2,1-3H3,(H,24,26). The number of nitrogens with one attached hydrogen (secondary N) is 2. The largest absolute Gasteiger partial charge is 0.322 e. The third-order valence-corrected chi connectivity index (χ3v) is 6.14. The Hall–Kier alpha value is -3.12. The maximum absolute atomic E-state index is 12.8. The van der Waals surface area contributed by atoms with Crippen LogP contribution in [-0.4, -0.2) is 14.3 Å². The van der Waals surface area contributed by atoms with Gasteiger partial charge in [-0.1, -0.05) is 43.3 Å². The van der Waals surface area contributed by atoms with Crippen LogP contribution in [0.25, 0.3) is 0 Å². The first kappa shape index (κ1) is 20.6. The van der Waals surface area contributed by atoms with Gasteiger partial charge in [0, 0.05) is 11.3 Å². The molecule has 0 aromatic heterocycles. The minimum absolute atomic E-state index is 0.0397. The van der Waals surface area contributed by atoms with Crippen molar-refractivity contribution in [3.63, 3.8) is 0 Å². The summed E-state index contributed by atoms with van der Waals surface area (Å²) < 4.78 is 28.2. The van der Waals surface area contributed by atoms with Gasteiger partial charge in [-0.15, -0.1) is 0 Å². The highest BCUT2D eigenvalue weighted by molar-refractivity contribution is 7.92. The number of hydrogen-bond donors (Lipinski definition) is 2. The van der Waals surface area contributed by atoms with Gasteiger partial charge in [-0.2, -0.15) is 0 Å². The van der Waals surface area contributed by atoms with Crippen molar-refractivity contribution in [3.05, 3.63) is 89.0 Å². The fourth-order valence-electron chi connectivity index (χ4n) is 2.93. The fourth-order valence-corrected chi connectivity index (χ4v) is 4.08. The van der Waals surface area contributed by atoms with E-state index in [-0.39, 0.29) is 10.8 Å². The molecule has 3 rings (SSSR count). The Morgan fingerprint density at radius 2 is 1.59 bits per heavy atom. The summed E-state index contributed by atoms with van der Waals surface area (Å²) >= 11 is 0. The van der Waals surface area contributed by atoms with E-state index < -0.39 is 10.0 Å². The van der Waals surface area contributed by atoms with Crippen LogP contribution in [0.3, 0.4) is 0 Å². The molecule has 0 spiro atoms. The molecule has 150 valence electrons. The molecule has 0 saturated carbocycles. The third-order valence-electron chi connectivity index (χ3n) is 4.77. The number of hydrogen-bond acceptors (Lipinski definition) is 3. The Morgan fingerprint density at radius 3 is 2.24 bits per heavy atom. The summed E-state index contributed by atoms with van der Waals surface area (Å²) in [4.78, 5) is 12.8. The zero-order valence-electron chi connectivity index (χ0n) is 16.7. The van der Waals surface area contributed by atoms with Gasteiger partial charge in [0.25, 0.3) is 15.9 Å². The van der Waals surface area contributed by atoms with Gasteiger partial charge < -0.3 is 5.32 Å². The molecule has 3 aromatic rings. The van der Waals surface area contributed by atoms with Crippen LogP contribution in [0.5, 0.6) is 0 Å². The van der Waals surface area contributed by atoms with E-state index in [2.05, 4.69) is 17.0 Å². The van der Waals surface area contributed by atoms with Crippen molar-refractivity contribution in [2.75, 3.05) is 10.0 Å². The molecule has 0 atom stereocenters. The van der Waals surface area contributed by atoms with Crippen molar-refractivity contribution in [3.8, 4) is 0 Å². The normalized spacial score (nSPS) is 11.1. The molecular weight excluding hydrogens is 384 g/mol. The molecule has 6 heteroatoms. The van der Waals surface area contributed by atoms with Crippen LogP contribution < -0.4 is 10.0 Å². The number of benzene rings is 3. The van der Waals surface area contributed by atoms with Crippen molar-refractivity contribution in [2.24, 2.45) is 0 Å². The van der Waals surface area contributed by atoms with Gasteiger partial charge in [-0.3, -0.25) is 9.52 Å². The highest BCUT2D eigenvalue weighted by Crippen LogP contribution is 2.22. The summed E-state index contributed by atoms with van der Waals surface area (Å²) in [5, 5.41) is 2.83. The van der Waals surface area contributed by atoms with Crippen LogP contribution in [0.1, 0.15) is 34.0 Å². The molecule has 3 aromatic carbocycles. The molecule has 0 fully saturated rings. The molecule has 2 N–H and O–H groups in total. The van der Waals surface area contributed by atoms with Crippen molar-refractivity contribution in [1.29, 1.82) is 0 Å². The van der Waals surface area contributed by atoms with E-state index in [0.29, 0.717) is 22.5 Å². The molecule has 0 aliphatic rings. The molecule has 1 amide bonds. The lowest BCUT2D eigenvalue weighted by atomic mass is 10.1. The van der Waals surface area contributed by atoms with Crippen molar-refractivity contribution >= 4 is 27.3 Å². The second kappa shape index (κ2) is 8.49. The van der Waals surface area contributed by atoms with Gasteiger partial charge in [0.05, 0.1) is 10.6 Å². The Bertz CT molecular complexity index is 1140. The average Bonchev–Trinajstić information content (AvgIpc) is 2.70. The average molecular weight is 409 g/mol. The lowest BCUT2D eigenvalue weighted by Crippen LogP contribution is -2.17. The third kappa shape index (κ3) is 4.84. The van der Waals surface area contributed by atoms with E-state index in [1.54, 1.807) is 25.1 Å². The van der Waals surface area contributed by atoms with Crippen molar-refractivity contribution in [1.82, 2.24) is 0 Å². The summed E-state index contributed by atoms with van der Waals surface area (Å²) in [7, 11) is -3.82. The zero-order valence-corrected chi connectivity index (χ0v) is 17.5. The number of carbonyl (C=O) groups excluding carboxylic acids is 1. The van der Waals surface area contributed by atoms with E-state index in [1.807, 2.05) is 43.3 Å². The molecule has 0 aliphatic carbocycles. The predicted molar refractivity (Wildman–Crippen MR) is 117 cm³/mol. The van der Waals surface area contributed by atoms with Crippen LogP contribution in [0, 0.1) is 13.8 Å². The predicted octanol–water partition coefficient (Wildman–Crippen LogP) is 4.92. The van der Waals surface area contributed by atoms with E-state index in [1.165, 1.54) is 17.7 Å². The van der Waals surface area contributed by atoms with Crippen molar-refractivity contribution in [2.45, 2.75) is 32.1 Å². The minimum atomic E-state index is -3.82. The lowest BCUT2D eigenvalue weighted by Gasteiger charge is -2.13. The smallest absolute Gasteiger partial charge is 0.261 e. The number of carbonyl (C=O) groups is 1. The molecular formula is C23H24N2O3S. The number of rotatable bonds is 6.